The molecule has 0 radical (unpaired) electrons. The lowest BCUT2D eigenvalue weighted by Gasteiger charge is -2.12. The Hall–Kier alpha value is -4.56. The van der Waals surface area contributed by atoms with Gasteiger partial charge in [0, 0.05) is 24.7 Å². The fourth-order valence-electron chi connectivity index (χ4n) is 3.44. The van der Waals surface area contributed by atoms with Gasteiger partial charge in [-0.2, -0.15) is 5.26 Å². The summed E-state index contributed by atoms with van der Waals surface area (Å²) in [5.74, 6) is 1.35. The number of hydrogen-bond acceptors (Lipinski definition) is 8. The van der Waals surface area contributed by atoms with Crippen molar-refractivity contribution >= 4 is 23.4 Å². The van der Waals surface area contributed by atoms with Crippen LogP contribution in [0.3, 0.4) is 0 Å². The molecule has 2 heterocycles. The molecule has 1 saturated heterocycles. The van der Waals surface area contributed by atoms with Gasteiger partial charge in [0.25, 0.3) is 0 Å². The van der Waals surface area contributed by atoms with E-state index in [4.69, 9.17) is 18.6 Å². The molecule has 1 unspecified atom stereocenters. The summed E-state index contributed by atoms with van der Waals surface area (Å²) in [6.45, 7) is 1.29. The number of amides is 1. The summed E-state index contributed by atoms with van der Waals surface area (Å²) in [6, 6.07) is 12.6. The zero-order valence-corrected chi connectivity index (χ0v) is 19.0. The van der Waals surface area contributed by atoms with Crippen molar-refractivity contribution in [2.75, 3.05) is 25.6 Å². The summed E-state index contributed by atoms with van der Waals surface area (Å²) >= 11 is 0. The maximum Gasteiger partial charge on any atom is 0.407 e. The van der Waals surface area contributed by atoms with E-state index in [-0.39, 0.29) is 18.6 Å². The van der Waals surface area contributed by atoms with E-state index < -0.39 is 6.09 Å². The van der Waals surface area contributed by atoms with E-state index in [2.05, 4.69) is 25.9 Å². The molecule has 1 aromatic heterocycles. The van der Waals surface area contributed by atoms with Crippen molar-refractivity contribution in [3.63, 3.8) is 0 Å². The van der Waals surface area contributed by atoms with Crippen molar-refractivity contribution in [3.05, 3.63) is 60.6 Å². The molecule has 1 aliphatic rings. The summed E-state index contributed by atoms with van der Waals surface area (Å²) in [5, 5.41) is 17.5. The van der Waals surface area contributed by atoms with Gasteiger partial charge in [-0.15, -0.1) is 0 Å². The zero-order chi connectivity index (χ0) is 24.5. The van der Waals surface area contributed by atoms with Crippen molar-refractivity contribution < 1.29 is 23.4 Å². The lowest BCUT2D eigenvalue weighted by Crippen LogP contribution is -2.28. The first-order valence-electron chi connectivity index (χ1n) is 10.8. The van der Waals surface area contributed by atoms with Crippen LogP contribution in [0, 0.1) is 11.5 Å². The molecule has 35 heavy (non-hydrogen) atoms. The average Bonchev–Trinajstić information content (AvgIpc) is 3.58. The SMILES string of the molecule is COc1cc(NC(=Nc2cccc(CNC(=O)OC3CCOC3)c2)NC#N)ccc1-c1cnco1. The Morgan fingerprint density at radius 2 is 2.23 bits per heavy atom. The number of benzene rings is 2. The minimum atomic E-state index is -0.495. The van der Waals surface area contributed by atoms with Crippen LogP contribution in [0.1, 0.15) is 12.0 Å². The summed E-state index contributed by atoms with van der Waals surface area (Å²) in [4.78, 5) is 20.4. The maximum atomic E-state index is 12.0. The Morgan fingerprint density at radius 3 is 2.97 bits per heavy atom. The van der Waals surface area contributed by atoms with Gasteiger partial charge in [-0.1, -0.05) is 12.1 Å². The van der Waals surface area contributed by atoms with Crippen molar-refractivity contribution in [2.45, 2.75) is 19.1 Å². The number of ether oxygens (including phenoxy) is 3. The zero-order valence-electron chi connectivity index (χ0n) is 19.0. The van der Waals surface area contributed by atoms with Crippen molar-refractivity contribution in [2.24, 2.45) is 4.99 Å². The Morgan fingerprint density at radius 1 is 1.31 bits per heavy atom. The highest BCUT2D eigenvalue weighted by atomic mass is 16.6. The number of methoxy groups -OCH3 is 1. The average molecular weight is 476 g/mol. The largest absolute Gasteiger partial charge is 0.496 e. The number of carbonyl (C=O) groups is 1. The molecule has 0 spiro atoms. The number of aromatic nitrogens is 1. The van der Waals surface area contributed by atoms with Gasteiger partial charge in [-0.3, -0.25) is 5.32 Å². The van der Waals surface area contributed by atoms with Gasteiger partial charge in [0.1, 0.15) is 11.9 Å². The van der Waals surface area contributed by atoms with Crippen LogP contribution in [-0.4, -0.2) is 43.5 Å². The number of aliphatic imine (C=N–C) groups is 1. The van der Waals surface area contributed by atoms with Gasteiger partial charge in [0.05, 0.1) is 37.8 Å². The number of anilines is 1. The second kappa shape index (κ2) is 11.5. The van der Waals surface area contributed by atoms with Crippen LogP contribution in [0.2, 0.25) is 0 Å². The van der Waals surface area contributed by atoms with Crippen LogP contribution < -0.4 is 20.7 Å². The lowest BCUT2D eigenvalue weighted by atomic mass is 10.1. The molecule has 1 amide bonds. The third-order valence-electron chi connectivity index (χ3n) is 5.09. The number of alkyl carbamates (subject to hydrolysis) is 1. The Bertz CT molecular complexity index is 1220. The normalized spacial score (nSPS) is 15.2. The molecule has 1 atom stereocenters. The van der Waals surface area contributed by atoms with Crippen LogP contribution in [0.4, 0.5) is 16.2 Å². The number of hydrogen-bond donors (Lipinski definition) is 3. The smallest absolute Gasteiger partial charge is 0.407 e. The second-order valence-corrected chi connectivity index (χ2v) is 7.52. The molecular weight excluding hydrogens is 452 g/mol. The number of nitrogens with one attached hydrogen (secondary N) is 3. The Kier molecular flexibility index (Phi) is 7.77. The lowest BCUT2D eigenvalue weighted by molar-refractivity contribution is 0.0828. The van der Waals surface area contributed by atoms with Crippen LogP contribution >= 0.6 is 0 Å². The van der Waals surface area contributed by atoms with E-state index >= 15 is 0 Å². The molecule has 3 N–H and O–H groups in total. The van der Waals surface area contributed by atoms with Gasteiger partial charge in [-0.25, -0.2) is 14.8 Å². The van der Waals surface area contributed by atoms with Crippen molar-refractivity contribution in [1.29, 1.82) is 5.26 Å². The Balaban J connectivity index is 1.44. The number of oxazole rings is 1. The summed E-state index contributed by atoms with van der Waals surface area (Å²) < 4.78 is 21.3. The minimum Gasteiger partial charge on any atom is -0.496 e. The fraction of sp³-hybridized carbons (Fsp3) is 0.250. The topological polar surface area (TPSA) is 143 Å². The molecule has 11 heteroatoms. The number of nitrogens with zero attached hydrogens (tertiary/aromatic N) is 3. The highest BCUT2D eigenvalue weighted by Crippen LogP contribution is 2.32. The standard InChI is InChI=1S/C24H24N6O5/c1-32-21-10-18(5-6-20(21)22-12-26-15-34-22)30-23(28-14-25)29-17-4-2-3-16(9-17)11-27-24(31)35-19-7-8-33-13-19/h2-6,9-10,12,15,19H,7-8,11,13H2,1H3,(H,27,31)(H2,28,29,30). The van der Waals surface area contributed by atoms with Gasteiger partial charge >= 0.3 is 6.09 Å². The highest BCUT2D eigenvalue weighted by molar-refractivity contribution is 5.96. The number of rotatable bonds is 7. The molecule has 1 aliphatic heterocycles. The van der Waals surface area contributed by atoms with Gasteiger partial charge in [-0.05, 0) is 29.8 Å². The quantitative estimate of drug-likeness (QED) is 0.202. The molecule has 1 fully saturated rings. The molecule has 11 nitrogen and oxygen atoms in total. The molecular formula is C24H24N6O5. The molecule has 180 valence electrons. The minimum absolute atomic E-state index is 0.208. The molecule has 0 saturated carbocycles. The van der Waals surface area contributed by atoms with E-state index in [9.17, 15) is 10.1 Å². The van der Waals surface area contributed by atoms with E-state index in [0.29, 0.717) is 42.5 Å². The molecule has 3 aromatic rings. The number of guanidine groups is 1. The monoisotopic (exact) mass is 476 g/mol. The van der Waals surface area contributed by atoms with Crippen LogP contribution in [0.5, 0.6) is 5.75 Å². The Labute approximate surface area is 201 Å². The van der Waals surface area contributed by atoms with E-state index in [0.717, 1.165) is 11.1 Å². The molecule has 0 bridgehead atoms. The highest BCUT2D eigenvalue weighted by Gasteiger charge is 2.19. The van der Waals surface area contributed by atoms with E-state index in [1.54, 1.807) is 37.6 Å². The third-order valence-corrected chi connectivity index (χ3v) is 5.09. The summed E-state index contributed by atoms with van der Waals surface area (Å²) in [7, 11) is 1.55. The molecule has 4 rings (SSSR count). The summed E-state index contributed by atoms with van der Waals surface area (Å²) in [5.41, 5.74) is 2.78. The first-order chi connectivity index (χ1) is 17.1. The molecule has 0 aliphatic carbocycles. The third kappa shape index (κ3) is 6.49. The number of carbonyl (C=O) groups excluding carboxylic acids is 1. The van der Waals surface area contributed by atoms with Gasteiger partial charge < -0.3 is 29.3 Å². The van der Waals surface area contributed by atoms with Crippen molar-refractivity contribution in [3.8, 4) is 23.3 Å². The van der Waals surface area contributed by atoms with Crippen LogP contribution in [0.15, 0.2) is 64.5 Å². The summed E-state index contributed by atoms with van der Waals surface area (Å²) in [6.07, 6.45) is 4.82. The fourth-order valence-corrected chi connectivity index (χ4v) is 3.44. The number of nitriles is 1. The first-order valence-corrected chi connectivity index (χ1v) is 10.8. The predicted octanol–water partition coefficient (Wildman–Crippen LogP) is 3.54. The van der Waals surface area contributed by atoms with Crippen molar-refractivity contribution in [1.82, 2.24) is 15.6 Å². The molecule has 2 aromatic carbocycles. The van der Waals surface area contributed by atoms with Gasteiger partial charge in [0.2, 0.25) is 5.96 Å². The first kappa shape index (κ1) is 23.6. The van der Waals surface area contributed by atoms with Crippen LogP contribution in [-0.2, 0) is 16.0 Å². The van der Waals surface area contributed by atoms with E-state index in [1.807, 2.05) is 24.4 Å². The van der Waals surface area contributed by atoms with Crippen LogP contribution in [0.25, 0.3) is 11.3 Å². The van der Waals surface area contributed by atoms with E-state index in [1.165, 1.54) is 6.39 Å². The maximum absolute atomic E-state index is 12.0. The predicted molar refractivity (Wildman–Crippen MR) is 127 cm³/mol. The second-order valence-electron chi connectivity index (χ2n) is 7.52. The van der Waals surface area contributed by atoms with Gasteiger partial charge in [0.15, 0.2) is 18.3 Å².